The lowest BCUT2D eigenvalue weighted by Gasteiger charge is -2.10. The monoisotopic (exact) mass is 336 g/mol. The zero-order chi connectivity index (χ0) is 16.8. The summed E-state index contributed by atoms with van der Waals surface area (Å²) in [5.74, 6) is -1.56. The summed E-state index contributed by atoms with van der Waals surface area (Å²) in [6.07, 6.45) is 0. The van der Waals surface area contributed by atoms with Gasteiger partial charge in [0.05, 0.1) is 5.56 Å². The molecule has 2 rings (SSSR count). The first-order chi connectivity index (χ1) is 11.0. The minimum Gasteiger partial charge on any atom is -0.483 e. The number of aryl methyl sites for hydroxylation is 1. The summed E-state index contributed by atoms with van der Waals surface area (Å²) >= 11 is 5.70. The van der Waals surface area contributed by atoms with E-state index in [2.05, 4.69) is 10.9 Å². The average Bonchev–Trinajstić information content (AvgIpc) is 2.54. The SMILES string of the molecule is Cc1ccccc1OCC(=O)NNC(=O)c1cc(Cl)ccc1F. The number of amides is 2. The molecule has 2 aromatic rings. The van der Waals surface area contributed by atoms with E-state index >= 15 is 0 Å². The van der Waals surface area contributed by atoms with Gasteiger partial charge < -0.3 is 4.74 Å². The molecule has 0 aromatic heterocycles. The summed E-state index contributed by atoms with van der Waals surface area (Å²) in [6, 6.07) is 10.8. The van der Waals surface area contributed by atoms with Gasteiger partial charge in [0.1, 0.15) is 11.6 Å². The van der Waals surface area contributed by atoms with E-state index in [1.54, 1.807) is 12.1 Å². The van der Waals surface area contributed by atoms with Crippen LogP contribution in [0.2, 0.25) is 5.02 Å². The van der Waals surface area contributed by atoms with Gasteiger partial charge in [0, 0.05) is 5.02 Å². The highest BCUT2D eigenvalue weighted by Crippen LogP contribution is 2.16. The predicted octanol–water partition coefficient (Wildman–Crippen LogP) is 2.63. The zero-order valence-electron chi connectivity index (χ0n) is 12.2. The molecule has 0 unspecified atom stereocenters. The third-order valence-corrected chi connectivity index (χ3v) is 3.18. The summed E-state index contributed by atoms with van der Waals surface area (Å²) in [4.78, 5) is 23.4. The third kappa shape index (κ3) is 4.69. The molecule has 120 valence electrons. The van der Waals surface area contributed by atoms with Gasteiger partial charge in [-0.3, -0.25) is 20.4 Å². The Labute approximate surface area is 137 Å². The molecule has 0 fully saturated rings. The Morgan fingerprint density at radius 3 is 2.65 bits per heavy atom. The Bertz CT molecular complexity index is 737. The fourth-order valence-corrected chi connectivity index (χ4v) is 1.94. The second kappa shape index (κ2) is 7.60. The number of hydrogen-bond donors (Lipinski definition) is 2. The molecule has 2 amide bonds. The molecule has 0 aliphatic heterocycles. The molecule has 5 nitrogen and oxygen atoms in total. The first kappa shape index (κ1) is 16.8. The van der Waals surface area contributed by atoms with Crippen molar-refractivity contribution in [3.63, 3.8) is 0 Å². The van der Waals surface area contributed by atoms with E-state index in [1.807, 2.05) is 19.1 Å². The number of carbonyl (C=O) groups is 2. The predicted molar refractivity (Wildman–Crippen MR) is 83.7 cm³/mol. The van der Waals surface area contributed by atoms with Crippen LogP contribution < -0.4 is 15.6 Å². The number of hydrazine groups is 1. The highest BCUT2D eigenvalue weighted by atomic mass is 35.5. The van der Waals surface area contributed by atoms with Crippen LogP contribution in [0, 0.1) is 12.7 Å². The van der Waals surface area contributed by atoms with Crippen molar-refractivity contribution in [2.24, 2.45) is 0 Å². The minimum atomic E-state index is -0.811. The summed E-state index contributed by atoms with van der Waals surface area (Å²) in [5.41, 5.74) is 4.86. The quantitative estimate of drug-likeness (QED) is 0.843. The molecule has 0 saturated heterocycles. The minimum absolute atomic E-state index is 0.214. The van der Waals surface area contributed by atoms with Gasteiger partial charge in [0.25, 0.3) is 11.8 Å². The second-order valence-corrected chi connectivity index (χ2v) is 5.12. The Balaban J connectivity index is 1.86. The van der Waals surface area contributed by atoms with Crippen molar-refractivity contribution in [3.05, 3.63) is 64.4 Å². The summed E-state index contributed by atoms with van der Waals surface area (Å²) in [6.45, 7) is 1.56. The number of halogens is 2. The van der Waals surface area contributed by atoms with Crippen LogP contribution in [0.4, 0.5) is 4.39 Å². The maximum Gasteiger partial charge on any atom is 0.276 e. The van der Waals surface area contributed by atoms with Crippen LogP contribution in [0.1, 0.15) is 15.9 Å². The molecule has 2 aromatic carbocycles. The number of benzene rings is 2. The smallest absolute Gasteiger partial charge is 0.276 e. The molecule has 0 aliphatic carbocycles. The molecule has 7 heteroatoms. The van der Waals surface area contributed by atoms with E-state index < -0.39 is 17.6 Å². The Hall–Kier alpha value is -2.60. The summed E-state index contributed by atoms with van der Waals surface area (Å²) < 4.78 is 18.8. The topological polar surface area (TPSA) is 67.4 Å². The molecular formula is C16H14ClFN2O3. The van der Waals surface area contributed by atoms with Crippen molar-refractivity contribution in [3.8, 4) is 5.75 Å². The van der Waals surface area contributed by atoms with Crippen molar-refractivity contribution in [1.82, 2.24) is 10.9 Å². The molecule has 0 saturated carbocycles. The van der Waals surface area contributed by atoms with Gasteiger partial charge in [-0.1, -0.05) is 29.8 Å². The van der Waals surface area contributed by atoms with Gasteiger partial charge in [0.2, 0.25) is 0 Å². The van der Waals surface area contributed by atoms with E-state index in [9.17, 15) is 14.0 Å². The fraction of sp³-hybridized carbons (Fsp3) is 0.125. The van der Waals surface area contributed by atoms with Crippen LogP contribution >= 0.6 is 11.6 Å². The van der Waals surface area contributed by atoms with Crippen LogP contribution in [-0.4, -0.2) is 18.4 Å². The Morgan fingerprint density at radius 1 is 1.17 bits per heavy atom. The highest BCUT2D eigenvalue weighted by Gasteiger charge is 2.13. The fourth-order valence-electron chi connectivity index (χ4n) is 1.76. The number of rotatable bonds is 4. The van der Waals surface area contributed by atoms with E-state index in [0.29, 0.717) is 5.75 Å². The van der Waals surface area contributed by atoms with Gasteiger partial charge in [-0.05, 0) is 36.8 Å². The molecule has 0 aliphatic rings. The molecule has 2 N–H and O–H groups in total. The lowest BCUT2D eigenvalue weighted by Crippen LogP contribution is -2.44. The normalized spacial score (nSPS) is 10.0. The average molecular weight is 337 g/mol. The van der Waals surface area contributed by atoms with Crippen LogP contribution in [0.25, 0.3) is 0 Å². The number of para-hydroxylation sites is 1. The lowest BCUT2D eigenvalue weighted by molar-refractivity contribution is -0.123. The van der Waals surface area contributed by atoms with Gasteiger partial charge in [0.15, 0.2) is 6.61 Å². The van der Waals surface area contributed by atoms with Gasteiger partial charge in [-0.25, -0.2) is 4.39 Å². The van der Waals surface area contributed by atoms with Crippen LogP contribution in [0.15, 0.2) is 42.5 Å². The van der Waals surface area contributed by atoms with E-state index in [1.165, 1.54) is 12.1 Å². The second-order valence-electron chi connectivity index (χ2n) is 4.68. The van der Waals surface area contributed by atoms with Crippen LogP contribution in [-0.2, 0) is 4.79 Å². The molecule has 23 heavy (non-hydrogen) atoms. The Kier molecular flexibility index (Phi) is 5.54. The maximum atomic E-state index is 13.5. The van der Waals surface area contributed by atoms with E-state index in [-0.39, 0.29) is 17.2 Å². The van der Waals surface area contributed by atoms with Gasteiger partial charge >= 0.3 is 0 Å². The van der Waals surface area contributed by atoms with Crippen LogP contribution in [0.3, 0.4) is 0 Å². The van der Waals surface area contributed by atoms with Crippen LogP contribution in [0.5, 0.6) is 5.75 Å². The summed E-state index contributed by atoms with van der Waals surface area (Å²) in [7, 11) is 0. The molecule has 0 atom stereocenters. The maximum absolute atomic E-state index is 13.5. The molecule has 0 bridgehead atoms. The number of ether oxygens (including phenoxy) is 1. The number of hydrogen-bond acceptors (Lipinski definition) is 3. The van der Waals surface area contributed by atoms with E-state index in [0.717, 1.165) is 11.6 Å². The summed E-state index contributed by atoms with van der Waals surface area (Å²) in [5, 5.41) is 0.214. The van der Waals surface area contributed by atoms with Crippen molar-refractivity contribution in [1.29, 1.82) is 0 Å². The van der Waals surface area contributed by atoms with Gasteiger partial charge in [-0.2, -0.15) is 0 Å². The first-order valence-corrected chi connectivity index (χ1v) is 7.08. The molecule has 0 spiro atoms. The van der Waals surface area contributed by atoms with Crippen molar-refractivity contribution >= 4 is 23.4 Å². The third-order valence-electron chi connectivity index (χ3n) is 2.94. The van der Waals surface area contributed by atoms with Crippen molar-refractivity contribution in [2.45, 2.75) is 6.92 Å². The van der Waals surface area contributed by atoms with Gasteiger partial charge in [-0.15, -0.1) is 0 Å². The first-order valence-electron chi connectivity index (χ1n) is 6.70. The van der Waals surface area contributed by atoms with E-state index in [4.69, 9.17) is 16.3 Å². The molecular weight excluding hydrogens is 323 g/mol. The highest BCUT2D eigenvalue weighted by molar-refractivity contribution is 6.31. The standard InChI is InChI=1S/C16H14ClFN2O3/c1-10-4-2-3-5-14(10)23-9-15(21)19-20-16(22)12-8-11(17)6-7-13(12)18/h2-8H,9H2,1H3,(H,19,21)(H,20,22). The number of nitrogens with one attached hydrogen (secondary N) is 2. The number of carbonyl (C=O) groups excluding carboxylic acids is 2. The Morgan fingerprint density at radius 2 is 1.91 bits per heavy atom. The van der Waals surface area contributed by atoms with Crippen molar-refractivity contribution in [2.75, 3.05) is 6.61 Å². The molecule has 0 radical (unpaired) electrons. The zero-order valence-corrected chi connectivity index (χ0v) is 13.0. The van der Waals surface area contributed by atoms with Crippen molar-refractivity contribution < 1.29 is 18.7 Å². The lowest BCUT2D eigenvalue weighted by atomic mass is 10.2. The molecule has 0 heterocycles. The largest absolute Gasteiger partial charge is 0.483 e.